The SMILES string of the molecule is COC(=O)[C@H](Cc1ccccc1)NC(=O)c1cn(CCN2CCCCC2)nn1. The van der Waals surface area contributed by atoms with Crippen LogP contribution in [0.4, 0.5) is 0 Å². The first-order valence-electron chi connectivity index (χ1n) is 9.71. The number of ether oxygens (including phenoxy) is 1. The van der Waals surface area contributed by atoms with Crippen molar-refractivity contribution in [3.05, 3.63) is 47.8 Å². The molecule has 1 N–H and O–H groups in total. The summed E-state index contributed by atoms with van der Waals surface area (Å²) in [6, 6.07) is 8.70. The molecule has 8 nitrogen and oxygen atoms in total. The number of hydrogen-bond acceptors (Lipinski definition) is 6. The van der Waals surface area contributed by atoms with Gasteiger partial charge in [-0.2, -0.15) is 0 Å². The smallest absolute Gasteiger partial charge is 0.328 e. The summed E-state index contributed by atoms with van der Waals surface area (Å²) < 4.78 is 6.51. The first-order valence-corrected chi connectivity index (χ1v) is 9.71. The van der Waals surface area contributed by atoms with Crippen LogP contribution in [-0.4, -0.2) is 64.6 Å². The summed E-state index contributed by atoms with van der Waals surface area (Å²) in [5, 5.41) is 10.7. The molecule has 1 aliphatic rings. The van der Waals surface area contributed by atoms with Crippen LogP contribution in [0, 0.1) is 0 Å². The Labute approximate surface area is 164 Å². The summed E-state index contributed by atoms with van der Waals surface area (Å²) in [5.41, 5.74) is 1.13. The van der Waals surface area contributed by atoms with Crippen molar-refractivity contribution in [1.29, 1.82) is 0 Å². The minimum Gasteiger partial charge on any atom is -0.467 e. The Morgan fingerprint density at radius 3 is 2.61 bits per heavy atom. The molecule has 1 fully saturated rings. The zero-order chi connectivity index (χ0) is 19.8. The van der Waals surface area contributed by atoms with Crippen LogP contribution in [0.1, 0.15) is 35.3 Å². The van der Waals surface area contributed by atoms with Crippen molar-refractivity contribution >= 4 is 11.9 Å². The van der Waals surface area contributed by atoms with E-state index in [4.69, 9.17) is 4.74 Å². The third kappa shape index (κ3) is 5.63. The average Bonchev–Trinajstić information content (AvgIpc) is 3.22. The van der Waals surface area contributed by atoms with Gasteiger partial charge >= 0.3 is 5.97 Å². The highest BCUT2D eigenvalue weighted by Crippen LogP contribution is 2.09. The van der Waals surface area contributed by atoms with E-state index in [2.05, 4.69) is 20.5 Å². The second-order valence-electron chi connectivity index (χ2n) is 7.01. The van der Waals surface area contributed by atoms with Crippen molar-refractivity contribution in [1.82, 2.24) is 25.2 Å². The molecule has 0 bridgehead atoms. The Morgan fingerprint density at radius 2 is 1.89 bits per heavy atom. The fraction of sp³-hybridized carbons (Fsp3) is 0.500. The van der Waals surface area contributed by atoms with E-state index in [1.807, 2.05) is 30.3 Å². The van der Waals surface area contributed by atoms with Gasteiger partial charge in [0.15, 0.2) is 5.69 Å². The van der Waals surface area contributed by atoms with Crippen LogP contribution in [0.5, 0.6) is 0 Å². The molecule has 1 aliphatic heterocycles. The number of methoxy groups -OCH3 is 1. The molecular formula is C20H27N5O3. The van der Waals surface area contributed by atoms with Crippen molar-refractivity contribution in [3.63, 3.8) is 0 Å². The lowest BCUT2D eigenvalue weighted by atomic mass is 10.1. The first-order chi connectivity index (χ1) is 13.7. The van der Waals surface area contributed by atoms with Gasteiger partial charge in [0.2, 0.25) is 0 Å². The largest absolute Gasteiger partial charge is 0.467 e. The highest BCUT2D eigenvalue weighted by molar-refractivity contribution is 5.94. The van der Waals surface area contributed by atoms with Gasteiger partial charge in [-0.1, -0.05) is 42.0 Å². The molecule has 0 aliphatic carbocycles. The van der Waals surface area contributed by atoms with Crippen molar-refractivity contribution in [3.8, 4) is 0 Å². The first kappa shape index (κ1) is 20.0. The summed E-state index contributed by atoms with van der Waals surface area (Å²) in [6.45, 7) is 3.80. The van der Waals surface area contributed by atoms with E-state index >= 15 is 0 Å². The molecule has 3 rings (SSSR count). The lowest BCUT2D eigenvalue weighted by Gasteiger charge is -2.25. The summed E-state index contributed by atoms with van der Waals surface area (Å²) in [5.74, 6) is -0.926. The number of carbonyl (C=O) groups is 2. The maximum absolute atomic E-state index is 12.5. The monoisotopic (exact) mass is 385 g/mol. The maximum Gasteiger partial charge on any atom is 0.328 e. The molecule has 2 heterocycles. The van der Waals surface area contributed by atoms with Gasteiger partial charge in [0, 0.05) is 13.0 Å². The van der Waals surface area contributed by atoms with E-state index in [1.165, 1.54) is 26.4 Å². The number of esters is 1. The predicted molar refractivity (Wildman–Crippen MR) is 104 cm³/mol. The maximum atomic E-state index is 12.5. The van der Waals surface area contributed by atoms with E-state index in [-0.39, 0.29) is 5.69 Å². The van der Waals surface area contributed by atoms with E-state index in [0.29, 0.717) is 13.0 Å². The number of carbonyl (C=O) groups excluding carboxylic acids is 2. The van der Waals surface area contributed by atoms with Gasteiger partial charge in [0.25, 0.3) is 5.91 Å². The Bertz CT molecular complexity index is 771. The fourth-order valence-corrected chi connectivity index (χ4v) is 3.36. The van der Waals surface area contributed by atoms with Crippen LogP contribution in [-0.2, 0) is 22.5 Å². The third-order valence-electron chi connectivity index (χ3n) is 4.94. The second-order valence-corrected chi connectivity index (χ2v) is 7.01. The van der Waals surface area contributed by atoms with Crippen LogP contribution in [0.2, 0.25) is 0 Å². The van der Waals surface area contributed by atoms with Gasteiger partial charge in [-0.25, -0.2) is 4.79 Å². The summed E-state index contributed by atoms with van der Waals surface area (Å²) >= 11 is 0. The van der Waals surface area contributed by atoms with E-state index in [0.717, 1.165) is 25.2 Å². The average molecular weight is 385 g/mol. The highest BCUT2D eigenvalue weighted by atomic mass is 16.5. The molecule has 8 heteroatoms. The molecule has 0 spiro atoms. The minimum absolute atomic E-state index is 0.195. The number of rotatable bonds is 8. The molecule has 0 unspecified atom stereocenters. The molecule has 1 aromatic heterocycles. The topological polar surface area (TPSA) is 89.4 Å². The predicted octanol–water partition coefficient (Wildman–Crippen LogP) is 1.28. The number of piperidine rings is 1. The zero-order valence-electron chi connectivity index (χ0n) is 16.2. The molecule has 1 saturated heterocycles. The Balaban J connectivity index is 1.57. The highest BCUT2D eigenvalue weighted by Gasteiger charge is 2.24. The Hall–Kier alpha value is -2.74. The number of nitrogens with zero attached hydrogens (tertiary/aromatic N) is 4. The van der Waals surface area contributed by atoms with Crippen molar-refractivity contribution in [2.75, 3.05) is 26.7 Å². The minimum atomic E-state index is -0.779. The van der Waals surface area contributed by atoms with E-state index < -0.39 is 17.9 Å². The van der Waals surface area contributed by atoms with Gasteiger partial charge in [-0.3, -0.25) is 9.48 Å². The third-order valence-corrected chi connectivity index (χ3v) is 4.94. The normalized spacial score (nSPS) is 15.8. The van der Waals surface area contributed by atoms with Crippen LogP contribution >= 0.6 is 0 Å². The lowest BCUT2D eigenvalue weighted by molar-refractivity contribution is -0.142. The Kier molecular flexibility index (Phi) is 7.13. The second kappa shape index (κ2) is 9.98. The van der Waals surface area contributed by atoms with Crippen LogP contribution in [0.3, 0.4) is 0 Å². The molecule has 1 aromatic carbocycles. The fourth-order valence-electron chi connectivity index (χ4n) is 3.36. The van der Waals surface area contributed by atoms with Gasteiger partial charge in [0.05, 0.1) is 19.9 Å². The quantitative estimate of drug-likeness (QED) is 0.689. The molecular weight excluding hydrogens is 358 g/mol. The summed E-state index contributed by atoms with van der Waals surface area (Å²) in [7, 11) is 1.31. The van der Waals surface area contributed by atoms with Crippen LogP contribution < -0.4 is 5.32 Å². The zero-order valence-corrected chi connectivity index (χ0v) is 16.2. The number of amides is 1. The molecule has 2 aromatic rings. The van der Waals surface area contributed by atoms with E-state index in [1.54, 1.807) is 10.9 Å². The number of likely N-dealkylation sites (tertiary alicyclic amines) is 1. The number of nitrogens with one attached hydrogen (secondary N) is 1. The molecule has 150 valence electrons. The molecule has 0 saturated carbocycles. The molecule has 1 atom stereocenters. The van der Waals surface area contributed by atoms with Crippen molar-refractivity contribution in [2.45, 2.75) is 38.3 Å². The van der Waals surface area contributed by atoms with Crippen molar-refractivity contribution < 1.29 is 14.3 Å². The summed E-state index contributed by atoms with van der Waals surface area (Å²) in [6.07, 6.45) is 5.75. The van der Waals surface area contributed by atoms with Crippen LogP contribution in [0.25, 0.3) is 0 Å². The Morgan fingerprint density at radius 1 is 1.14 bits per heavy atom. The number of benzene rings is 1. The van der Waals surface area contributed by atoms with Crippen molar-refractivity contribution in [2.24, 2.45) is 0 Å². The summed E-state index contributed by atoms with van der Waals surface area (Å²) in [4.78, 5) is 27.0. The molecule has 1 amide bonds. The van der Waals surface area contributed by atoms with Gasteiger partial charge in [0.1, 0.15) is 6.04 Å². The molecule has 28 heavy (non-hydrogen) atoms. The molecule has 0 radical (unpaired) electrons. The number of hydrogen-bond donors (Lipinski definition) is 1. The lowest BCUT2D eigenvalue weighted by Crippen LogP contribution is -2.43. The van der Waals surface area contributed by atoms with Gasteiger partial charge in [-0.15, -0.1) is 5.10 Å². The number of aromatic nitrogens is 3. The van der Waals surface area contributed by atoms with Gasteiger partial charge in [-0.05, 0) is 31.5 Å². The van der Waals surface area contributed by atoms with Gasteiger partial charge < -0.3 is 15.0 Å². The van der Waals surface area contributed by atoms with E-state index in [9.17, 15) is 9.59 Å². The standard InChI is InChI=1S/C20H27N5O3/c1-28-20(27)17(14-16-8-4-2-5-9-16)21-19(26)18-15-25(23-22-18)13-12-24-10-6-3-7-11-24/h2,4-5,8-9,15,17H,3,6-7,10-14H2,1H3,(H,21,26)/t17-/m0/s1. The van der Waals surface area contributed by atoms with Crippen LogP contribution in [0.15, 0.2) is 36.5 Å².